The number of rotatable bonds is 6. The molecule has 5 aliphatic rings. The molecule has 1 N–H and O–H groups in total. The van der Waals surface area contributed by atoms with E-state index in [4.69, 9.17) is 18.9 Å². The average molecular weight is 610 g/mol. The molecule has 4 aliphatic carbocycles. The van der Waals surface area contributed by atoms with Crippen molar-refractivity contribution in [1.82, 2.24) is 5.32 Å². The Kier molecular flexibility index (Phi) is 8.53. The standard InChI is InChI=1S/C36H51NO7/c1-20-7-14-30(40)44-34-33(37-19-23-8-10-25(41-6)11-9-23)32-31(28-13-12-27(20)36(28,34)5)29(43-22(3)39)18-24-17-26(42-21(2)38)15-16-35(24,32)4/h8-11,20,24,26-29,31-34,37H,7,12-19H2,1-6H3/t20-,24+,26-,27-,28+,29-,31-,32-,33-,34+,35+,36-/m1/s1. The number of ether oxygens (including phenoxy) is 4. The van der Waals surface area contributed by atoms with Crippen LogP contribution in [0.15, 0.2) is 24.3 Å². The van der Waals surface area contributed by atoms with Crippen LogP contribution in [0.2, 0.25) is 0 Å². The first kappa shape index (κ1) is 31.4. The number of hydrogen-bond donors (Lipinski definition) is 1. The molecule has 0 spiro atoms. The first-order chi connectivity index (χ1) is 20.9. The van der Waals surface area contributed by atoms with E-state index in [0.717, 1.165) is 56.3 Å². The first-order valence-electron chi connectivity index (χ1n) is 16.9. The number of fused-ring (bicyclic) bond motifs is 4. The van der Waals surface area contributed by atoms with Gasteiger partial charge in [0.05, 0.1) is 7.11 Å². The summed E-state index contributed by atoms with van der Waals surface area (Å²) in [6.07, 6.45) is 6.08. The lowest BCUT2D eigenvalue weighted by molar-refractivity contribution is -0.238. The lowest BCUT2D eigenvalue weighted by Crippen LogP contribution is -2.72. The molecule has 1 saturated heterocycles. The molecule has 0 radical (unpaired) electrons. The molecule has 8 nitrogen and oxygen atoms in total. The van der Waals surface area contributed by atoms with Gasteiger partial charge in [-0.15, -0.1) is 0 Å². The quantitative estimate of drug-likeness (QED) is 0.317. The molecule has 0 amide bonds. The fourth-order valence-corrected chi connectivity index (χ4v) is 11.1. The highest BCUT2D eigenvalue weighted by Crippen LogP contribution is 2.69. The summed E-state index contributed by atoms with van der Waals surface area (Å²) in [6.45, 7) is 10.7. The second kappa shape index (κ2) is 12.0. The number of carbonyl (C=O) groups excluding carboxylic acids is 3. The smallest absolute Gasteiger partial charge is 0.306 e. The van der Waals surface area contributed by atoms with Gasteiger partial charge in [-0.05, 0) is 97.6 Å². The van der Waals surface area contributed by atoms with E-state index in [-0.39, 0.29) is 76.8 Å². The van der Waals surface area contributed by atoms with E-state index in [1.165, 1.54) is 13.8 Å². The van der Waals surface area contributed by atoms with Gasteiger partial charge >= 0.3 is 17.9 Å². The SMILES string of the molecule is COc1ccc(CN[C@@H]2[C@H]3[C@@H]([C@H](OC(C)=O)C[C@@H]4C[C@H](OC(C)=O)CC[C@@]43C)[C@@H]3CC[C@@H]4[C@H](C)CCC(=O)O[C@@H]2[C@]43C)cc1. The minimum absolute atomic E-state index is 0.102. The van der Waals surface area contributed by atoms with Crippen molar-refractivity contribution >= 4 is 17.9 Å². The molecule has 8 heteroatoms. The van der Waals surface area contributed by atoms with E-state index in [2.05, 4.69) is 38.2 Å². The zero-order valence-corrected chi connectivity index (χ0v) is 27.3. The molecule has 1 heterocycles. The van der Waals surface area contributed by atoms with Gasteiger partial charge in [-0.2, -0.15) is 0 Å². The van der Waals surface area contributed by atoms with Gasteiger partial charge in [-0.25, -0.2) is 0 Å². The summed E-state index contributed by atoms with van der Waals surface area (Å²) in [5.41, 5.74) is 0.802. The highest BCUT2D eigenvalue weighted by atomic mass is 16.6. The predicted molar refractivity (Wildman–Crippen MR) is 164 cm³/mol. The Bertz CT molecular complexity index is 1250. The van der Waals surface area contributed by atoms with Crippen molar-refractivity contribution in [3.8, 4) is 5.75 Å². The van der Waals surface area contributed by atoms with Gasteiger partial charge in [-0.1, -0.05) is 32.9 Å². The van der Waals surface area contributed by atoms with Gasteiger partial charge in [0.1, 0.15) is 24.1 Å². The van der Waals surface area contributed by atoms with Crippen LogP contribution in [0.1, 0.15) is 91.5 Å². The maximum absolute atomic E-state index is 13.4. The molecule has 0 aromatic heterocycles. The number of hydrogen-bond acceptors (Lipinski definition) is 8. The van der Waals surface area contributed by atoms with E-state index in [9.17, 15) is 14.4 Å². The Morgan fingerprint density at radius 2 is 1.68 bits per heavy atom. The summed E-state index contributed by atoms with van der Waals surface area (Å²) in [5.74, 6) is 1.82. The topological polar surface area (TPSA) is 100 Å². The fraction of sp³-hybridized carbons (Fsp3) is 0.750. The van der Waals surface area contributed by atoms with Crippen LogP contribution in [-0.2, 0) is 35.1 Å². The molecule has 1 aromatic rings. The molecule has 44 heavy (non-hydrogen) atoms. The summed E-state index contributed by atoms with van der Waals surface area (Å²) in [7, 11) is 1.67. The minimum atomic E-state index is -0.283. The zero-order chi connectivity index (χ0) is 31.4. The highest BCUT2D eigenvalue weighted by molar-refractivity contribution is 5.70. The van der Waals surface area contributed by atoms with Gasteiger partial charge in [-0.3, -0.25) is 14.4 Å². The molecule has 242 valence electrons. The zero-order valence-electron chi connectivity index (χ0n) is 27.3. The van der Waals surface area contributed by atoms with Crippen molar-refractivity contribution in [3.63, 3.8) is 0 Å². The molecule has 12 atom stereocenters. The van der Waals surface area contributed by atoms with Crippen LogP contribution < -0.4 is 10.1 Å². The van der Waals surface area contributed by atoms with Crippen molar-refractivity contribution in [2.75, 3.05) is 7.11 Å². The van der Waals surface area contributed by atoms with E-state index in [1.54, 1.807) is 7.11 Å². The molecule has 6 rings (SSSR count). The number of methoxy groups -OCH3 is 1. The summed E-state index contributed by atoms with van der Waals surface area (Å²) in [6, 6.07) is 8.01. The second-order valence-electron chi connectivity index (χ2n) is 15.0. The molecule has 1 aromatic carbocycles. The van der Waals surface area contributed by atoms with Crippen LogP contribution in [0.25, 0.3) is 0 Å². The highest BCUT2D eigenvalue weighted by Gasteiger charge is 2.71. The van der Waals surface area contributed by atoms with Crippen molar-refractivity contribution in [2.24, 2.45) is 46.3 Å². The lowest BCUT2D eigenvalue weighted by atomic mass is 9.41. The van der Waals surface area contributed by atoms with E-state index in [1.807, 2.05) is 12.1 Å². The van der Waals surface area contributed by atoms with E-state index < -0.39 is 0 Å². The van der Waals surface area contributed by atoms with E-state index >= 15 is 0 Å². The van der Waals surface area contributed by atoms with Gasteiger partial charge in [0.25, 0.3) is 0 Å². The van der Waals surface area contributed by atoms with Crippen LogP contribution in [0, 0.1) is 46.3 Å². The molecule has 5 fully saturated rings. The Labute approximate surface area is 262 Å². The number of benzene rings is 1. The number of nitrogens with one attached hydrogen (secondary N) is 1. The summed E-state index contributed by atoms with van der Waals surface area (Å²) in [5, 5.41) is 3.98. The number of esters is 3. The maximum atomic E-state index is 13.4. The van der Waals surface area contributed by atoms with Crippen LogP contribution in [0.5, 0.6) is 5.75 Å². The third-order valence-electron chi connectivity index (χ3n) is 12.9. The minimum Gasteiger partial charge on any atom is -0.497 e. The number of carbonyl (C=O) groups is 3. The van der Waals surface area contributed by atoms with E-state index in [0.29, 0.717) is 24.8 Å². The second-order valence-corrected chi connectivity index (χ2v) is 15.0. The normalized spacial score (nSPS) is 42.8. The van der Waals surface area contributed by atoms with Crippen LogP contribution in [0.4, 0.5) is 0 Å². The van der Waals surface area contributed by atoms with Crippen molar-refractivity contribution in [2.45, 2.75) is 117 Å². The van der Waals surface area contributed by atoms with Crippen LogP contribution in [-0.4, -0.2) is 49.4 Å². The fourth-order valence-electron chi connectivity index (χ4n) is 11.1. The Balaban J connectivity index is 1.45. The van der Waals surface area contributed by atoms with Crippen LogP contribution >= 0.6 is 0 Å². The Morgan fingerprint density at radius 1 is 0.977 bits per heavy atom. The third-order valence-corrected chi connectivity index (χ3v) is 12.9. The summed E-state index contributed by atoms with van der Waals surface area (Å²) >= 11 is 0. The first-order valence-corrected chi connectivity index (χ1v) is 16.9. The average Bonchev–Trinajstić information content (AvgIpc) is 3.33. The van der Waals surface area contributed by atoms with Crippen molar-refractivity contribution < 1.29 is 33.3 Å². The molecule has 1 aliphatic heterocycles. The third kappa shape index (κ3) is 5.33. The molecule has 0 unspecified atom stereocenters. The largest absolute Gasteiger partial charge is 0.497 e. The van der Waals surface area contributed by atoms with Crippen molar-refractivity contribution in [3.05, 3.63) is 29.8 Å². The van der Waals surface area contributed by atoms with Gasteiger partial charge in [0, 0.05) is 44.2 Å². The molecule has 4 saturated carbocycles. The molecular formula is C36H51NO7. The molecule has 0 bridgehead atoms. The van der Waals surface area contributed by atoms with Gasteiger partial charge < -0.3 is 24.3 Å². The lowest BCUT2D eigenvalue weighted by Gasteiger charge is -2.67. The Hall–Kier alpha value is -2.61. The summed E-state index contributed by atoms with van der Waals surface area (Å²) in [4.78, 5) is 38.0. The van der Waals surface area contributed by atoms with Gasteiger partial charge in [0.2, 0.25) is 0 Å². The van der Waals surface area contributed by atoms with Gasteiger partial charge in [0.15, 0.2) is 0 Å². The maximum Gasteiger partial charge on any atom is 0.306 e. The predicted octanol–water partition coefficient (Wildman–Crippen LogP) is 5.85. The molecular weight excluding hydrogens is 558 g/mol. The summed E-state index contributed by atoms with van der Waals surface area (Å²) < 4.78 is 24.1. The Morgan fingerprint density at radius 3 is 2.36 bits per heavy atom. The monoisotopic (exact) mass is 609 g/mol. The van der Waals surface area contributed by atoms with Crippen molar-refractivity contribution in [1.29, 1.82) is 0 Å². The van der Waals surface area contributed by atoms with Crippen LogP contribution in [0.3, 0.4) is 0 Å².